The van der Waals surface area contributed by atoms with Crippen molar-refractivity contribution in [3.8, 4) is 23.0 Å². The van der Waals surface area contributed by atoms with Crippen molar-refractivity contribution in [3.05, 3.63) is 24.3 Å². The summed E-state index contributed by atoms with van der Waals surface area (Å²) in [4.78, 5) is 30.2. The Balaban J connectivity index is 0.000000166. The molecule has 41 heavy (non-hydrogen) atoms. The molecule has 1 saturated carbocycles. The van der Waals surface area contributed by atoms with Gasteiger partial charge in [-0.05, 0) is 26.2 Å². The van der Waals surface area contributed by atoms with E-state index in [0.717, 1.165) is 98.6 Å². The van der Waals surface area contributed by atoms with Crippen molar-refractivity contribution in [2.24, 2.45) is 0 Å². The third-order valence-electron chi connectivity index (χ3n) is 7.87. The Morgan fingerprint density at radius 2 is 1.61 bits per heavy atom. The van der Waals surface area contributed by atoms with Gasteiger partial charge in [-0.3, -0.25) is 0 Å². The smallest absolute Gasteiger partial charge is 0.165 e. The van der Waals surface area contributed by atoms with Gasteiger partial charge in [-0.15, -0.1) is 0 Å². The minimum Gasteiger partial charge on any atom is -0.378 e. The lowest BCUT2D eigenvalue weighted by atomic mass is 9.95. The zero-order valence-electron chi connectivity index (χ0n) is 25.4. The minimum absolute atomic E-state index is 0.338. The Kier molecular flexibility index (Phi) is 9.64. The molecule has 1 saturated heterocycles. The molecule has 0 bridgehead atoms. The van der Waals surface area contributed by atoms with E-state index in [-0.39, 0.29) is 0 Å². The second-order valence-corrected chi connectivity index (χ2v) is 11.3. The van der Waals surface area contributed by atoms with Gasteiger partial charge in [0.15, 0.2) is 34.7 Å². The molecule has 6 aliphatic rings. The molecule has 11 nitrogen and oxygen atoms in total. The van der Waals surface area contributed by atoms with Crippen LogP contribution in [0.5, 0.6) is 0 Å². The summed E-state index contributed by atoms with van der Waals surface area (Å²) in [5, 5.41) is 3.62. The molecular weight excluding hydrogens is 516 g/mol. The predicted octanol–water partition coefficient (Wildman–Crippen LogP) is 5.25. The molecule has 5 aliphatic heterocycles. The van der Waals surface area contributed by atoms with E-state index in [1.54, 1.807) is 0 Å². The van der Waals surface area contributed by atoms with Gasteiger partial charge in [-0.25, -0.2) is 29.9 Å². The molecule has 1 N–H and O–H groups in total. The number of aryl methyl sites for hydroxylation is 3. The van der Waals surface area contributed by atoms with Gasteiger partial charge in [-0.1, -0.05) is 47.0 Å². The maximum atomic E-state index is 5.39. The summed E-state index contributed by atoms with van der Waals surface area (Å²) < 4.78 is 9.57. The van der Waals surface area contributed by atoms with Crippen LogP contribution >= 0.6 is 0 Å². The number of nitrogens with zero attached hydrogens (tertiary/aromatic N) is 9. The van der Waals surface area contributed by atoms with Crippen LogP contribution in [0.25, 0.3) is 23.0 Å². The van der Waals surface area contributed by atoms with Crippen LogP contribution in [0.3, 0.4) is 0 Å². The van der Waals surface area contributed by atoms with Crippen molar-refractivity contribution in [2.75, 3.05) is 36.5 Å². The van der Waals surface area contributed by atoms with Crippen LogP contribution in [0.15, 0.2) is 12.7 Å². The molecule has 0 aromatic heterocycles. The van der Waals surface area contributed by atoms with Gasteiger partial charge in [0.2, 0.25) is 0 Å². The highest BCUT2D eigenvalue weighted by atomic mass is 16.5. The van der Waals surface area contributed by atoms with E-state index >= 15 is 0 Å². The van der Waals surface area contributed by atoms with Gasteiger partial charge in [0, 0.05) is 44.6 Å². The maximum absolute atomic E-state index is 5.39. The third kappa shape index (κ3) is 6.60. The van der Waals surface area contributed by atoms with Crippen LogP contribution in [-0.4, -0.2) is 71.4 Å². The van der Waals surface area contributed by atoms with Crippen LogP contribution in [0.2, 0.25) is 0 Å². The van der Waals surface area contributed by atoms with Gasteiger partial charge in [-0.2, -0.15) is 0 Å². The third-order valence-corrected chi connectivity index (χ3v) is 7.87. The van der Waals surface area contributed by atoms with Crippen LogP contribution in [0.4, 0.5) is 11.6 Å². The highest BCUT2D eigenvalue weighted by molar-refractivity contribution is 5.69. The zero-order chi connectivity index (χ0) is 28.8. The Bertz CT molecular complexity index is 1320. The van der Waals surface area contributed by atoms with Gasteiger partial charge in [0.05, 0.1) is 25.9 Å². The molecule has 1 aliphatic carbocycles. The quantitative estimate of drug-likeness (QED) is 0.308. The van der Waals surface area contributed by atoms with Crippen molar-refractivity contribution >= 4 is 11.6 Å². The summed E-state index contributed by atoms with van der Waals surface area (Å²) in [5.41, 5.74) is 1.85. The number of anilines is 2. The van der Waals surface area contributed by atoms with Crippen molar-refractivity contribution in [2.45, 2.75) is 105 Å². The number of rotatable bonds is 8. The first kappa shape index (κ1) is 29.2. The van der Waals surface area contributed by atoms with Crippen LogP contribution < -0.4 is 10.2 Å². The average Bonchev–Trinajstić information content (AvgIpc) is 3.66. The molecule has 5 heterocycles. The molecule has 222 valence electrons. The standard InChI is InChI=1S/C17H27N5.C13H19N5O/c1-4-10-22-11-18-16(19-13-8-6-5-7-9-13)14-17(22)21-15(20-14)12(2)3;1-3-10-15-11-12(18-5-7-19-8-6-18)14-9-17(4-2)13(11)16-10/h11-13,19H,4-10H2,1-3H3;9H,3-8H2,1-2H3. The lowest BCUT2D eigenvalue weighted by Gasteiger charge is -2.29. The first-order chi connectivity index (χ1) is 20.0. The number of ether oxygens (including phenoxy) is 1. The van der Waals surface area contributed by atoms with Crippen molar-refractivity contribution in [1.82, 2.24) is 39.0 Å². The fraction of sp³-hybridized carbons (Fsp3) is 0.667. The molecule has 0 aromatic rings. The number of hydrogen-bond acceptors (Lipinski definition) is 9. The van der Waals surface area contributed by atoms with Gasteiger partial charge in [0.1, 0.15) is 11.6 Å². The van der Waals surface area contributed by atoms with E-state index in [9.17, 15) is 0 Å². The molecule has 0 amide bonds. The summed E-state index contributed by atoms with van der Waals surface area (Å²) in [5.74, 6) is 5.91. The fourth-order valence-electron chi connectivity index (χ4n) is 5.53. The van der Waals surface area contributed by atoms with Crippen LogP contribution in [0, 0.1) is 0 Å². The van der Waals surface area contributed by atoms with E-state index in [1.807, 2.05) is 17.2 Å². The SMILES string of the molecule is CCCn1cnc(NC2CCCCC2)c2nc(C(C)C)nc1-2.CCc1nc2c(N3CCOCC3)ncn(CC)c-2n1. The summed E-state index contributed by atoms with van der Waals surface area (Å²) >= 11 is 0. The highest BCUT2D eigenvalue weighted by Gasteiger charge is 2.25. The normalized spacial score (nSPS) is 16.4. The average molecular weight is 563 g/mol. The maximum Gasteiger partial charge on any atom is 0.165 e. The van der Waals surface area contributed by atoms with Gasteiger partial charge in [0.25, 0.3) is 0 Å². The number of morpholine rings is 1. The van der Waals surface area contributed by atoms with Crippen LogP contribution in [0.1, 0.15) is 90.7 Å². The van der Waals surface area contributed by atoms with Crippen LogP contribution in [-0.2, 0) is 24.2 Å². The second-order valence-electron chi connectivity index (χ2n) is 11.3. The van der Waals surface area contributed by atoms with E-state index in [4.69, 9.17) is 14.7 Å². The molecule has 0 unspecified atom stereocenters. The van der Waals surface area contributed by atoms with E-state index in [2.05, 4.69) is 69.3 Å². The molecule has 0 atom stereocenters. The van der Waals surface area contributed by atoms with Crippen molar-refractivity contribution in [1.29, 1.82) is 0 Å². The summed E-state index contributed by atoms with van der Waals surface area (Å²) in [7, 11) is 0. The van der Waals surface area contributed by atoms with Crippen molar-refractivity contribution < 1.29 is 4.74 Å². The molecule has 0 spiro atoms. The van der Waals surface area contributed by atoms with Crippen molar-refractivity contribution in [3.63, 3.8) is 0 Å². The topological polar surface area (TPSA) is 112 Å². The Hall–Kier alpha value is -3.34. The second kappa shape index (κ2) is 13.5. The number of hydrogen-bond donors (Lipinski definition) is 1. The van der Waals surface area contributed by atoms with Gasteiger partial charge < -0.3 is 24.1 Å². The summed E-state index contributed by atoms with van der Waals surface area (Å²) in [6.07, 6.45) is 12.1. The molecular formula is C30H46N10O. The number of aromatic nitrogens is 8. The molecule has 6 rings (SSSR count). The van der Waals surface area contributed by atoms with E-state index in [0.29, 0.717) is 12.0 Å². The zero-order valence-corrected chi connectivity index (χ0v) is 25.4. The number of nitrogens with one attached hydrogen (secondary N) is 1. The molecule has 0 radical (unpaired) electrons. The molecule has 2 fully saturated rings. The highest BCUT2D eigenvalue weighted by Crippen LogP contribution is 2.31. The summed E-state index contributed by atoms with van der Waals surface area (Å²) in [6.45, 7) is 15.6. The van der Waals surface area contributed by atoms with E-state index in [1.165, 1.54) is 32.1 Å². The summed E-state index contributed by atoms with van der Waals surface area (Å²) in [6, 6.07) is 0.533. The monoisotopic (exact) mass is 562 g/mol. The first-order valence-electron chi connectivity index (χ1n) is 15.6. The van der Waals surface area contributed by atoms with E-state index < -0.39 is 0 Å². The predicted molar refractivity (Wildman–Crippen MR) is 162 cm³/mol. The number of fused-ring (bicyclic) bond motifs is 2. The minimum atomic E-state index is 0.338. The Morgan fingerprint density at radius 3 is 2.29 bits per heavy atom. The Morgan fingerprint density at radius 1 is 0.878 bits per heavy atom. The Labute approximate surface area is 243 Å². The number of imidazole rings is 2. The molecule has 0 aromatic carbocycles. The molecule has 11 heteroatoms. The lowest BCUT2D eigenvalue weighted by Crippen LogP contribution is -2.37. The van der Waals surface area contributed by atoms with Gasteiger partial charge >= 0.3 is 0 Å². The first-order valence-corrected chi connectivity index (χ1v) is 15.6. The lowest BCUT2D eigenvalue weighted by molar-refractivity contribution is 0.122. The fourth-order valence-corrected chi connectivity index (χ4v) is 5.53. The largest absolute Gasteiger partial charge is 0.378 e.